The molecule has 0 heterocycles. The van der Waals surface area contributed by atoms with Crippen LogP contribution in [0.15, 0.2) is 43.0 Å². The van der Waals surface area contributed by atoms with Crippen molar-refractivity contribution < 1.29 is 9.84 Å². The van der Waals surface area contributed by atoms with Gasteiger partial charge in [0, 0.05) is 5.92 Å². The van der Waals surface area contributed by atoms with Gasteiger partial charge >= 0.3 is 0 Å². The number of aliphatic hydroxyl groups is 1. The van der Waals surface area contributed by atoms with Gasteiger partial charge in [-0.15, -0.1) is 6.58 Å². The zero-order chi connectivity index (χ0) is 10.2. The zero-order valence-electron chi connectivity index (χ0n) is 8.23. The van der Waals surface area contributed by atoms with Gasteiger partial charge in [0.1, 0.15) is 0 Å². The molecule has 0 fully saturated rings. The third-order valence-electron chi connectivity index (χ3n) is 2.01. The van der Waals surface area contributed by atoms with E-state index in [0.29, 0.717) is 13.2 Å². The smallest absolute Gasteiger partial charge is 0.0717 e. The molecule has 0 radical (unpaired) electrons. The molecular formula is C12H16O2. The van der Waals surface area contributed by atoms with E-state index in [-0.39, 0.29) is 12.5 Å². The number of ether oxygens (including phenoxy) is 1. The van der Waals surface area contributed by atoms with Gasteiger partial charge in [0.2, 0.25) is 0 Å². The molecule has 1 atom stereocenters. The fourth-order valence-corrected chi connectivity index (χ4v) is 1.10. The fourth-order valence-electron chi connectivity index (χ4n) is 1.10. The summed E-state index contributed by atoms with van der Waals surface area (Å²) < 4.78 is 5.43. The van der Waals surface area contributed by atoms with E-state index in [1.54, 1.807) is 6.08 Å². The molecule has 2 nitrogen and oxygen atoms in total. The average molecular weight is 192 g/mol. The first-order valence-corrected chi connectivity index (χ1v) is 4.72. The molecule has 0 unspecified atom stereocenters. The third kappa shape index (κ3) is 3.73. The van der Waals surface area contributed by atoms with Crippen molar-refractivity contribution in [3.05, 3.63) is 48.6 Å². The summed E-state index contributed by atoms with van der Waals surface area (Å²) in [7, 11) is 0. The Balaban J connectivity index is 2.25. The largest absolute Gasteiger partial charge is 0.396 e. The van der Waals surface area contributed by atoms with Crippen LogP contribution in [0.1, 0.15) is 5.56 Å². The summed E-state index contributed by atoms with van der Waals surface area (Å²) in [6.45, 7) is 4.82. The van der Waals surface area contributed by atoms with Gasteiger partial charge in [0.05, 0.1) is 19.8 Å². The van der Waals surface area contributed by atoms with Crippen molar-refractivity contribution in [3.8, 4) is 0 Å². The Hall–Kier alpha value is -1.12. The summed E-state index contributed by atoms with van der Waals surface area (Å²) >= 11 is 0. The highest BCUT2D eigenvalue weighted by atomic mass is 16.5. The molecule has 0 aromatic heterocycles. The van der Waals surface area contributed by atoms with E-state index >= 15 is 0 Å². The lowest BCUT2D eigenvalue weighted by Crippen LogP contribution is -2.10. The van der Waals surface area contributed by atoms with E-state index in [1.807, 2.05) is 30.3 Å². The Morgan fingerprint density at radius 3 is 2.64 bits per heavy atom. The standard InChI is InChI=1S/C12H16O2/c1-2-11(8-13)9-14-10-12-6-4-3-5-7-12/h2-7,11,13H,1,8-10H2/t11-/m1/s1. The lowest BCUT2D eigenvalue weighted by Gasteiger charge is -2.09. The lowest BCUT2D eigenvalue weighted by atomic mass is 10.2. The van der Waals surface area contributed by atoms with E-state index in [9.17, 15) is 0 Å². The summed E-state index contributed by atoms with van der Waals surface area (Å²) in [5, 5.41) is 8.87. The zero-order valence-corrected chi connectivity index (χ0v) is 8.23. The second-order valence-electron chi connectivity index (χ2n) is 3.18. The van der Waals surface area contributed by atoms with E-state index in [0.717, 1.165) is 5.56 Å². The predicted octanol–water partition coefficient (Wildman–Crippen LogP) is 2.00. The van der Waals surface area contributed by atoms with Crippen molar-refractivity contribution in [1.29, 1.82) is 0 Å². The molecule has 0 spiro atoms. The van der Waals surface area contributed by atoms with E-state index < -0.39 is 0 Å². The van der Waals surface area contributed by atoms with Crippen LogP contribution >= 0.6 is 0 Å². The second-order valence-corrected chi connectivity index (χ2v) is 3.18. The van der Waals surface area contributed by atoms with Crippen LogP contribution in [-0.2, 0) is 11.3 Å². The number of hydrogen-bond donors (Lipinski definition) is 1. The van der Waals surface area contributed by atoms with Gasteiger partial charge in [-0.05, 0) is 5.56 Å². The topological polar surface area (TPSA) is 29.5 Å². The Morgan fingerprint density at radius 2 is 2.07 bits per heavy atom. The second kappa shape index (κ2) is 6.35. The number of hydrogen-bond acceptors (Lipinski definition) is 2. The van der Waals surface area contributed by atoms with Crippen LogP contribution in [0.25, 0.3) is 0 Å². The highest BCUT2D eigenvalue weighted by Gasteiger charge is 2.01. The lowest BCUT2D eigenvalue weighted by molar-refractivity contribution is 0.0791. The first-order valence-electron chi connectivity index (χ1n) is 4.72. The Labute approximate surface area is 84.8 Å². The molecular weight excluding hydrogens is 176 g/mol. The highest BCUT2D eigenvalue weighted by molar-refractivity contribution is 5.13. The first-order chi connectivity index (χ1) is 6.86. The van der Waals surface area contributed by atoms with Gasteiger partial charge in [-0.3, -0.25) is 0 Å². The summed E-state index contributed by atoms with van der Waals surface area (Å²) in [5.74, 6) is 0.0405. The van der Waals surface area contributed by atoms with Crippen molar-refractivity contribution in [2.24, 2.45) is 5.92 Å². The van der Waals surface area contributed by atoms with Gasteiger partial charge in [-0.2, -0.15) is 0 Å². The van der Waals surface area contributed by atoms with Crippen LogP contribution in [0.5, 0.6) is 0 Å². The van der Waals surface area contributed by atoms with Crippen LogP contribution in [0.2, 0.25) is 0 Å². The molecule has 0 aliphatic heterocycles. The van der Waals surface area contributed by atoms with Crippen LogP contribution in [0.3, 0.4) is 0 Å². The van der Waals surface area contributed by atoms with Crippen molar-refractivity contribution in [1.82, 2.24) is 0 Å². The van der Waals surface area contributed by atoms with Crippen molar-refractivity contribution in [2.75, 3.05) is 13.2 Å². The van der Waals surface area contributed by atoms with Crippen LogP contribution in [-0.4, -0.2) is 18.3 Å². The summed E-state index contributed by atoms with van der Waals surface area (Å²) in [6, 6.07) is 9.97. The van der Waals surface area contributed by atoms with Crippen LogP contribution in [0, 0.1) is 5.92 Å². The molecule has 0 aliphatic rings. The molecule has 0 saturated carbocycles. The Bertz CT molecular complexity index is 256. The Kier molecular flexibility index (Phi) is 4.97. The van der Waals surface area contributed by atoms with Gasteiger partial charge in [0.15, 0.2) is 0 Å². The number of rotatable bonds is 6. The minimum absolute atomic E-state index is 0.0405. The van der Waals surface area contributed by atoms with E-state index in [2.05, 4.69) is 6.58 Å². The molecule has 1 rings (SSSR count). The van der Waals surface area contributed by atoms with E-state index in [1.165, 1.54) is 0 Å². The van der Waals surface area contributed by atoms with Crippen molar-refractivity contribution >= 4 is 0 Å². The molecule has 14 heavy (non-hydrogen) atoms. The highest BCUT2D eigenvalue weighted by Crippen LogP contribution is 2.03. The molecule has 0 saturated heterocycles. The minimum Gasteiger partial charge on any atom is -0.396 e. The van der Waals surface area contributed by atoms with Gasteiger partial charge in [0.25, 0.3) is 0 Å². The molecule has 1 N–H and O–H groups in total. The van der Waals surface area contributed by atoms with Gasteiger partial charge in [-0.25, -0.2) is 0 Å². The first kappa shape index (κ1) is 11.0. The molecule has 0 bridgehead atoms. The molecule has 2 heteroatoms. The monoisotopic (exact) mass is 192 g/mol. The summed E-state index contributed by atoms with van der Waals surface area (Å²) in [4.78, 5) is 0. The summed E-state index contributed by atoms with van der Waals surface area (Å²) in [5.41, 5.74) is 1.15. The maximum absolute atomic E-state index is 8.87. The van der Waals surface area contributed by atoms with Crippen molar-refractivity contribution in [2.45, 2.75) is 6.61 Å². The molecule has 1 aromatic carbocycles. The number of benzene rings is 1. The van der Waals surface area contributed by atoms with Gasteiger partial charge in [-0.1, -0.05) is 36.4 Å². The van der Waals surface area contributed by atoms with Gasteiger partial charge < -0.3 is 9.84 Å². The predicted molar refractivity (Wildman–Crippen MR) is 56.9 cm³/mol. The van der Waals surface area contributed by atoms with Crippen molar-refractivity contribution in [3.63, 3.8) is 0 Å². The van der Waals surface area contributed by atoms with Crippen LogP contribution < -0.4 is 0 Å². The molecule has 0 amide bonds. The number of aliphatic hydroxyl groups excluding tert-OH is 1. The fraction of sp³-hybridized carbons (Fsp3) is 0.333. The average Bonchev–Trinajstić information content (AvgIpc) is 2.26. The molecule has 0 aliphatic carbocycles. The Morgan fingerprint density at radius 1 is 1.36 bits per heavy atom. The maximum Gasteiger partial charge on any atom is 0.0717 e. The third-order valence-corrected chi connectivity index (χ3v) is 2.01. The molecule has 1 aromatic rings. The maximum atomic E-state index is 8.87. The quantitative estimate of drug-likeness (QED) is 0.698. The molecule has 76 valence electrons. The normalized spacial score (nSPS) is 12.4. The minimum atomic E-state index is 0.0405. The SMILES string of the molecule is C=C[C@H](CO)COCc1ccccc1. The summed E-state index contributed by atoms with van der Waals surface area (Å²) in [6.07, 6.45) is 1.71. The van der Waals surface area contributed by atoms with E-state index in [4.69, 9.17) is 9.84 Å². The van der Waals surface area contributed by atoms with Crippen LogP contribution in [0.4, 0.5) is 0 Å².